The maximum atomic E-state index is 5.45. The average molecular weight is 224 g/mol. The van der Waals surface area contributed by atoms with E-state index in [1.54, 1.807) is 20.4 Å². The van der Waals surface area contributed by atoms with E-state index < -0.39 is 0 Å². The zero-order valence-electron chi connectivity index (χ0n) is 10.4. The minimum absolute atomic E-state index is 0.0474. The lowest BCUT2D eigenvalue weighted by Crippen LogP contribution is -2.31. The van der Waals surface area contributed by atoms with E-state index in [4.69, 9.17) is 9.47 Å². The van der Waals surface area contributed by atoms with Crippen LogP contribution in [-0.4, -0.2) is 32.4 Å². The van der Waals surface area contributed by atoms with Gasteiger partial charge in [0.25, 0.3) is 0 Å². The van der Waals surface area contributed by atoms with Gasteiger partial charge in [0.1, 0.15) is 11.4 Å². The van der Waals surface area contributed by atoms with Gasteiger partial charge in [0.05, 0.1) is 19.3 Å². The molecule has 0 bridgehead atoms. The standard InChI is InChI=1S/C12H20N2O2/c1-5-9(15-3)11(13-2)12-10(16-4)7-6-8-14-12/h6-9,11,13H,5H2,1-4H3. The number of hydrogen-bond acceptors (Lipinski definition) is 4. The predicted molar refractivity (Wildman–Crippen MR) is 63.7 cm³/mol. The largest absolute Gasteiger partial charge is 0.495 e. The van der Waals surface area contributed by atoms with Crippen molar-refractivity contribution in [3.05, 3.63) is 24.0 Å². The molecule has 90 valence electrons. The van der Waals surface area contributed by atoms with Crippen LogP contribution in [0.3, 0.4) is 0 Å². The number of hydrogen-bond donors (Lipinski definition) is 1. The van der Waals surface area contributed by atoms with Crippen LogP contribution in [0, 0.1) is 0 Å². The Bertz CT molecular complexity index is 314. The summed E-state index contributed by atoms with van der Waals surface area (Å²) in [5, 5.41) is 3.23. The maximum Gasteiger partial charge on any atom is 0.142 e. The number of likely N-dealkylation sites (N-methyl/N-ethyl adjacent to an activating group) is 1. The van der Waals surface area contributed by atoms with E-state index in [1.165, 1.54) is 0 Å². The molecule has 4 nitrogen and oxygen atoms in total. The topological polar surface area (TPSA) is 43.4 Å². The van der Waals surface area contributed by atoms with E-state index in [2.05, 4.69) is 17.2 Å². The maximum absolute atomic E-state index is 5.45. The first-order valence-corrected chi connectivity index (χ1v) is 5.47. The summed E-state index contributed by atoms with van der Waals surface area (Å²) in [5.41, 5.74) is 0.890. The van der Waals surface area contributed by atoms with E-state index in [1.807, 2.05) is 19.2 Å². The molecular formula is C12H20N2O2. The SMILES string of the molecule is CCC(OC)C(NC)c1ncccc1OC. The monoisotopic (exact) mass is 224 g/mol. The minimum Gasteiger partial charge on any atom is -0.495 e. The molecule has 0 aliphatic heterocycles. The second-order valence-electron chi connectivity index (χ2n) is 3.54. The molecule has 0 aliphatic carbocycles. The quantitative estimate of drug-likeness (QED) is 0.800. The van der Waals surface area contributed by atoms with Gasteiger partial charge in [-0.15, -0.1) is 0 Å². The van der Waals surface area contributed by atoms with Crippen molar-refractivity contribution >= 4 is 0 Å². The highest BCUT2D eigenvalue weighted by atomic mass is 16.5. The molecule has 2 unspecified atom stereocenters. The predicted octanol–water partition coefficient (Wildman–Crippen LogP) is 1.78. The molecule has 0 fully saturated rings. The van der Waals surface area contributed by atoms with Crippen molar-refractivity contribution < 1.29 is 9.47 Å². The van der Waals surface area contributed by atoms with Gasteiger partial charge in [0, 0.05) is 13.3 Å². The zero-order chi connectivity index (χ0) is 12.0. The van der Waals surface area contributed by atoms with Crippen LogP contribution in [-0.2, 0) is 4.74 Å². The van der Waals surface area contributed by atoms with Crippen molar-refractivity contribution in [3.8, 4) is 5.75 Å². The number of pyridine rings is 1. The Morgan fingerprint density at radius 3 is 2.69 bits per heavy atom. The molecule has 4 heteroatoms. The summed E-state index contributed by atoms with van der Waals surface area (Å²) in [4.78, 5) is 4.37. The van der Waals surface area contributed by atoms with Gasteiger partial charge in [0.15, 0.2) is 0 Å². The van der Waals surface area contributed by atoms with Gasteiger partial charge in [-0.3, -0.25) is 4.98 Å². The molecule has 0 aliphatic rings. The molecule has 0 saturated carbocycles. The fourth-order valence-corrected chi connectivity index (χ4v) is 1.85. The summed E-state index contributed by atoms with van der Waals surface area (Å²) < 4.78 is 10.8. The Morgan fingerprint density at radius 1 is 1.44 bits per heavy atom. The first-order chi connectivity index (χ1) is 7.78. The Kier molecular flexibility index (Phi) is 5.22. The summed E-state index contributed by atoms with van der Waals surface area (Å²) in [6.45, 7) is 2.09. The van der Waals surface area contributed by atoms with Crippen molar-refractivity contribution in [1.82, 2.24) is 10.3 Å². The molecule has 16 heavy (non-hydrogen) atoms. The van der Waals surface area contributed by atoms with Crippen LogP contribution < -0.4 is 10.1 Å². The van der Waals surface area contributed by atoms with Crippen LogP contribution in [0.5, 0.6) is 5.75 Å². The van der Waals surface area contributed by atoms with Crippen LogP contribution in [0.2, 0.25) is 0 Å². The van der Waals surface area contributed by atoms with Gasteiger partial charge < -0.3 is 14.8 Å². The van der Waals surface area contributed by atoms with E-state index in [9.17, 15) is 0 Å². The van der Waals surface area contributed by atoms with Gasteiger partial charge in [0.2, 0.25) is 0 Å². The van der Waals surface area contributed by atoms with E-state index in [0.29, 0.717) is 0 Å². The third kappa shape index (κ3) is 2.71. The summed E-state index contributed by atoms with van der Waals surface area (Å²) in [6, 6.07) is 3.82. The lowest BCUT2D eigenvalue weighted by Gasteiger charge is -2.25. The molecule has 1 aromatic rings. The Morgan fingerprint density at radius 2 is 2.19 bits per heavy atom. The fourth-order valence-electron chi connectivity index (χ4n) is 1.85. The van der Waals surface area contributed by atoms with E-state index >= 15 is 0 Å². The third-order valence-corrected chi connectivity index (χ3v) is 2.70. The molecule has 0 amide bonds. The normalized spacial score (nSPS) is 14.5. The van der Waals surface area contributed by atoms with Crippen LogP contribution >= 0.6 is 0 Å². The van der Waals surface area contributed by atoms with Crippen molar-refractivity contribution in [3.63, 3.8) is 0 Å². The summed E-state index contributed by atoms with van der Waals surface area (Å²) in [5.74, 6) is 0.789. The van der Waals surface area contributed by atoms with E-state index in [-0.39, 0.29) is 12.1 Å². The molecule has 0 radical (unpaired) electrons. The molecule has 0 saturated heterocycles. The van der Waals surface area contributed by atoms with Crippen LogP contribution in [0.15, 0.2) is 18.3 Å². The second-order valence-corrected chi connectivity index (χ2v) is 3.54. The summed E-state index contributed by atoms with van der Waals surface area (Å²) in [7, 11) is 5.27. The molecule has 1 rings (SSSR count). The number of ether oxygens (including phenoxy) is 2. The van der Waals surface area contributed by atoms with Gasteiger partial charge in [-0.2, -0.15) is 0 Å². The average Bonchev–Trinajstić information content (AvgIpc) is 2.35. The number of rotatable bonds is 6. The highest BCUT2D eigenvalue weighted by molar-refractivity contribution is 5.30. The van der Waals surface area contributed by atoms with Crippen LogP contribution in [0.1, 0.15) is 25.1 Å². The van der Waals surface area contributed by atoms with Crippen molar-refractivity contribution in [2.75, 3.05) is 21.3 Å². The smallest absolute Gasteiger partial charge is 0.142 e. The zero-order valence-corrected chi connectivity index (χ0v) is 10.4. The van der Waals surface area contributed by atoms with Gasteiger partial charge in [-0.05, 0) is 25.6 Å². The molecule has 2 atom stereocenters. The molecule has 1 N–H and O–H groups in total. The lowest BCUT2D eigenvalue weighted by atomic mass is 10.0. The second kappa shape index (κ2) is 6.45. The Hall–Kier alpha value is -1.13. The number of aromatic nitrogens is 1. The molecule has 1 aromatic heterocycles. The fraction of sp³-hybridized carbons (Fsp3) is 0.583. The molecule has 1 heterocycles. The Balaban J connectivity index is 3.02. The van der Waals surface area contributed by atoms with Crippen molar-refractivity contribution in [2.24, 2.45) is 0 Å². The first kappa shape index (κ1) is 12.9. The van der Waals surface area contributed by atoms with Gasteiger partial charge >= 0.3 is 0 Å². The third-order valence-electron chi connectivity index (χ3n) is 2.70. The number of nitrogens with one attached hydrogen (secondary N) is 1. The highest BCUT2D eigenvalue weighted by Gasteiger charge is 2.24. The highest BCUT2D eigenvalue weighted by Crippen LogP contribution is 2.26. The van der Waals surface area contributed by atoms with Crippen LogP contribution in [0.25, 0.3) is 0 Å². The first-order valence-electron chi connectivity index (χ1n) is 5.47. The summed E-state index contributed by atoms with van der Waals surface area (Å²) >= 11 is 0. The van der Waals surface area contributed by atoms with Crippen molar-refractivity contribution in [1.29, 1.82) is 0 Å². The van der Waals surface area contributed by atoms with E-state index in [0.717, 1.165) is 17.9 Å². The molecule has 0 spiro atoms. The molecule has 0 aromatic carbocycles. The molecular weight excluding hydrogens is 204 g/mol. The number of nitrogens with zero attached hydrogens (tertiary/aromatic N) is 1. The van der Waals surface area contributed by atoms with Gasteiger partial charge in [-0.25, -0.2) is 0 Å². The van der Waals surface area contributed by atoms with Crippen LogP contribution in [0.4, 0.5) is 0 Å². The van der Waals surface area contributed by atoms with Gasteiger partial charge in [-0.1, -0.05) is 6.92 Å². The summed E-state index contributed by atoms with van der Waals surface area (Å²) in [6.07, 6.45) is 2.78. The van der Waals surface area contributed by atoms with Crippen molar-refractivity contribution in [2.45, 2.75) is 25.5 Å². The minimum atomic E-state index is 0.0474. The lowest BCUT2D eigenvalue weighted by molar-refractivity contribution is 0.0654. The number of methoxy groups -OCH3 is 2. The Labute approximate surface area is 97.0 Å².